The first-order valence-corrected chi connectivity index (χ1v) is 8.55. The molecule has 0 unspecified atom stereocenters. The van der Waals surface area contributed by atoms with Crippen LogP contribution in [0, 0.1) is 6.92 Å². The molecule has 128 valence electrons. The van der Waals surface area contributed by atoms with Crippen molar-refractivity contribution in [2.45, 2.75) is 45.1 Å². The van der Waals surface area contributed by atoms with E-state index in [-0.39, 0.29) is 11.8 Å². The first-order valence-electron chi connectivity index (χ1n) is 8.55. The summed E-state index contributed by atoms with van der Waals surface area (Å²) in [6, 6.07) is 8.47. The SMILES string of the molecule is Cc1ccc(-c2cn[nH]c2[C@H]2CCCN(C(=O)C(C)(C)N)C2)cc1. The maximum absolute atomic E-state index is 12.5. The number of carbonyl (C=O) groups is 1. The molecule has 1 fully saturated rings. The molecule has 3 N–H and O–H groups in total. The summed E-state index contributed by atoms with van der Waals surface area (Å²) in [5.74, 6) is 0.285. The summed E-state index contributed by atoms with van der Waals surface area (Å²) >= 11 is 0. The second kappa shape index (κ2) is 6.40. The number of aryl methyl sites for hydroxylation is 1. The predicted molar refractivity (Wildman–Crippen MR) is 95.6 cm³/mol. The number of amides is 1. The van der Waals surface area contributed by atoms with Crippen LogP contribution in [0.25, 0.3) is 11.1 Å². The smallest absolute Gasteiger partial charge is 0.242 e. The number of nitrogens with zero attached hydrogens (tertiary/aromatic N) is 2. The molecular formula is C19H26N4O. The van der Waals surface area contributed by atoms with E-state index in [1.54, 1.807) is 13.8 Å². The topological polar surface area (TPSA) is 75.0 Å². The maximum atomic E-state index is 12.5. The van der Waals surface area contributed by atoms with Gasteiger partial charge in [-0.15, -0.1) is 0 Å². The van der Waals surface area contributed by atoms with E-state index in [4.69, 9.17) is 5.73 Å². The molecule has 2 heterocycles. The maximum Gasteiger partial charge on any atom is 0.242 e. The third-order valence-electron chi connectivity index (χ3n) is 4.70. The Hall–Kier alpha value is -2.14. The van der Waals surface area contributed by atoms with Crippen molar-refractivity contribution in [3.05, 3.63) is 41.7 Å². The van der Waals surface area contributed by atoms with Crippen molar-refractivity contribution >= 4 is 5.91 Å². The molecule has 0 saturated carbocycles. The molecule has 1 saturated heterocycles. The molecule has 5 heteroatoms. The Morgan fingerprint density at radius 2 is 2.04 bits per heavy atom. The highest BCUT2D eigenvalue weighted by Crippen LogP contribution is 2.33. The molecule has 24 heavy (non-hydrogen) atoms. The molecular weight excluding hydrogens is 300 g/mol. The first-order chi connectivity index (χ1) is 11.4. The molecule has 1 amide bonds. The van der Waals surface area contributed by atoms with Crippen molar-refractivity contribution < 1.29 is 4.79 Å². The van der Waals surface area contributed by atoms with E-state index in [0.717, 1.165) is 36.2 Å². The lowest BCUT2D eigenvalue weighted by molar-refractivity contribution is -0.137. The predicted octanol–water partition coefficient (Wildman–Crippen LogP) is 2.83. The van der Waals surface area contributed by atoms with Gasteiger partial charge in [0.25, 0.3) is 0 Å². The van der Waals surface area contributed by atoms with Crippen molar-refractivity contribution in [2.24, 2.45) is 5.73 Å². The zero-order valence-corrected chi connectivity index (χ0v) is 14.7. The molecule has 1 aromatic heterocycles. The number of hydrogen-bond donors (Lipinski definition) is 2. The van der Waals surface area contributed by atoms with Crippen molar-refractivity contribution in [2.75, 3.05) is 13.1 Å². The minimum Gasteiger partial charge on any atom is -0.340 e. The molecule has 0 spiro atoms. The van der Waals surface area contributed by atoms with Crippen molar-refractivity contribution in [1.29, 1.82) is 0 Å². The Labute approximate surface area is 143 Å². The summed E-state index contributed by atoms with van der Waals surface area (Å²) in [6.07, 6.45) is 3.92. The average Bonchev–Trinajstić information content (AvgIpc) is 3.04. The van der Waals surface area contributed by atoms with E-state index in [9.17, 15) is 4.79 Å². The number of benzene rings is 1. The van der Waals surface area contributed by atoms with Gasteiger partial charge in [0.15, 0.2) is 0 Å². The van der Waals surface area contributed by atoms with Crippen molar-refractivity contribution in [3.63, 3.8) is 0 Å². The second-order valence-electron chi connectivity index (χ2n) is 7.38. The van der Waals surface area contributed by atoms with Crippen LogP contribution in [-0.4, -0.2) is 39.6 Å². The number of carbonyl (C=O) groups excluding carboxylic acids is 1. The number of H-pyrrole nitrogens is 1. The summed E-state index contributed by atoms with van der Waals surface area (Å²) in [7, 11) is 0. The van der Waals surface area contributed by atoms with Gasteiger partial charge in [0.1, 0.15) is 0 Å². The van der Waals surface area contributed by atoms with Crippen LogP contribution >= 0.6 is 0 Å². The zero-order valence-electron chi connectivity index (χ0n) is 14.7. The number of piperidine rings is 1. The van der Waals surface area contributed by atoms with Gasteiger partial charge >= 0.3 is 0 Å². The summed E-state index contributed by atoms with van der Waals surface area (Å²) in [5, 5.41) is 7.43. The number of hydrogen-bond acceptors (Lipinski definition) is 3. The molecule has 1 aliphatic heterocycles. The number of aromatic nitrogens is 2. The lowest BCUT2D eigenvalue weighted by Crippen LogP contribution is -2.53. The van der Waals surface area contributed by atoms with Gasteiger partial charge < -0.3 is 10.6 Å². The normalized spacial score (nSPS) is 18.7. The third-order valence-corrected chi connectivity index (χ3v) is 4.70. The number of likely N-dealkylation sites (tertiary alicyclic amines) is 1. The van der Waals surface area contributed by atoms with Gasteiger partial charge in [0.2, 0.25) is 5.91 Å². The molecule has 0 bridgehead atoms. The van der Waals surface area contributed by atoms with Crippen LogP contribution in [0.3, 0.4) is 0 Å². The highest BCUT2D eigenvalue weighted by atomic mass is 16.2. The second-order valence-corrected chi connectivity index (χ2v) is 7.38. The molecule has 2 aromatic rings. The quantitative estimate of drug-likeness (QED) is 0.911. The lowest BCUT2D eigenvalue weighted by Gasteiger charge is -2.36. The van der Waals surface area contributed by atoms with Crippen molar-refractivity contribution in [3.8, 4) is 11.1 Å². The van der Waals surface area contributed by atoms with E-state index < -0.39 is 5.54 Å². The molecule has 1 atom stereocenters. The largest absolute Gasteiger partial charge is 0.340 e. The molecule has 0 radical (unpaired) electrons. The van der Waals surface area contributed by atoms with Gasteiger partial charge in [-0.3, -0.25) is 9.89 Å². The van der Waals surface area contributed by atoms with Gasteiger partial charge in [0, 0.05) is 30.3 Å². The van der Waals surface area contributed by atoms with Gasteiger partial charge in [-0.25, -0.2) is 0 Å². The van der Waals surface area contributed by atoms with Crippen LogP contribution in [-0.2, 0) is 4.79 Å². The monoisotopic (exact) mass is 326 g/mol. The van der Waals surface area contributed by atoms with E-state index in [2.05, 4.69) is 41.4 Å². The van der Waals surface area contributed by atoms with E-state index in [1.165, 1.54) is 5.56 Å². The molecule has 3 rings (SSSR count). The molecule has 0 aliphatic carbocycles. The fourth-order valence-corrected chi connectivity index (χ4v) is 3.38. The minimum atomic E-state index is -0.824. The third kappa shape index (κ3) is 3.36. The summed E-state index contributed by atoms with van der Waals surface area (Å²) < 4.78 is 0. The Bertz CT molecular complexity index is 712. The average molecular weight is 326 g/mol. The first kappa shape index (κ1) is 16.7. The van der Waals surface area contributed by atoms with Gasteiger partial charge in [-0.2, -0.15) is 5.10 Å². The Kier molecular flexibility index (Phi) is 4.45. The van der Waals surface area contributed by atoms with Crippen LogP contribution < -0.4 is 5.73 Å². The highest BCUT2D eigenvalue weighted by Gasteiger charge is 2.33. The fraction of sp³-hybridized carbons (Fsp3) is 0.474. The zero-order chi connectivity index (χ0) is 17.3. The molecule has 1 aromatic carbocycles. The van der Waals surface area contributed by atoms with Crippen LogP contribution in [0.1, 0.15) is 43.9 Å². The summed E-state index contributed by atoms with van der Waals surface area (Å²) in [6.45, 7) is 7.10. The van der Waals surface area contributed by atoms with Crippen molar-refractivity contribution in [1.82, 2.24) is 15.1 Å². The summed E-state index contributed by atoms with van der Waals surface area (Å²) in [4.78, 5) is 14.4. The van der Waals surface area contributed by atoms with Crippen LogP contribution in [0.5, 0.6) is 0 Å². The van der Waals surface area contributed by atoms with Gasteiger partial charge in [-0.1, -0.05) is 29.8 Å². The van der Waals surface area contributed by atoms with Crippen LogP contribution in [0.4, 0.5) is 0 Å². The van der Waals surface area contributed by atoms with E-state index in [0.29, 0.717) is 6.54 Å². The Balaban J connectivity index is 1.84. The minimum absolute atomic E-state index is 0.0172. The number of nitrogens with two attached hydrogens (primary N) is 1. The Morgan fingerprint density at radius 1 is 1.33 bits per heavy atom. The van der Waals surface area contributed by atoms with Crippen LogP contribution in [0.2, 0.25) is 0 Å². The van der Waals surface area contributed by atoms with E-state index >= 15 is 0 Å². The lowest BCUT2D eigenvalue weighted by atomic mass is 9.89. The summed E-state index contributed by atoms with van der Waals surface area (Å²) in [5.41, 5.74) is 9.82. The number of nitrogens with one attached hydrogen (secondary N) is 1. The van der Waals surface area contributed by atoms with E-state index in [1.807, 2.05) is 11.1 Å². The fourth-order valence-electron chi connectivity index (χ4n) is 3.38. The highest BCUT2D eigenvalue weighted by molar-refractivity contribution is 5.85. The Morgan fingerprint density at radius 3 is 2.71 bits per heavy atom. The number of aromatic amines is 1. The van der Waals surface area contributed by atoms with Gasteiger partial charge in [-0.05, 0) is 39.2 Å². The number of rotatable bonds is 3. The van der Waals surface area contributed by atoms with Crippen LogP contribution in [0.15, 0.2) is 30.5 Å². The van der Waals surface area contributed by atoms with Gasteiger partial charge in [0.05, 0.1) is 11.7 Å². The molecule has 5 nitrogen and oxygen atoms in total. The molecule has 1 aliphatic rings. The standard InChI is InChI=1S/C19H26N4O/c1-13-6-8-14(9-7-13)16-11-21-22-17(16)15-5-4-10-23(12-15)18(24)19(2,3)20/h6-9,11,15H,4-5,10,12,20H2,1-3H3,(H,21,22)/t15-/m0/s1.